The molecule has 16 nitrogen and oxygen atoms in total. The van der Waals surface area contributed by atoms with Crippen molar-refractivity contribution in [1.82, 2.24) is 0 Å². The minimum absolute atomic E-state index is 0.0191. The van der Waals surface area contributed by atoms with Crippen molar-refractivity contribution >= 4 is 46.6 Å². The highest BCUT2D eigenvalue weighted by Crippen LogP contribution is 2.63. The van der Waals surface area contributed by atoms with E-state index in [0.717, 1.165) is 37.5 Å². The van der Waals surface area contributed by atoms with E-state index in [0.29, 0.717) is 30.6 Å². The van der Waals surface area contributed by atoms with Crippen LogP contribution in [0.4, 0.5) is 34.1 Å². The van der Waals surface area contributed by atoms with Crippen molar-refractivity contribution < 1.29 is 19.7 Å². The second-order valence-corrected chi connectivity index (χ2v) is 11.7. The summed E-state index contributed by atoms with van der Waals surface area (Å²) in [6.07, 6.45) is 11.5. The molecule has 4 aliphatic carbocycles. The molecule has 0 aromatic heterocycles. The fraction of sp³-hybridized carbons (Fsp3) is 0.481. The third kappa shape index (κ3) is 6.42. The van der Waals surface area contributed by atoms with Crippen LogP contribution in [-0.4, -0.2) is 32.1 Å². The number of hydrogen-bond acceptors (Lipinski definition) is 12. The number of hydrazone groups is 2. The highest BCUT2D eigenvalue weighted by atomic mass is 16.6. The molecule has 4 saturated carbocycles. The first-order valence-electron chi connectivity index (χ1n) is 14.0. The van der Waals surface area contributed by atoms with Crippen molar-refractivity contribution in [1.29, 1.82) is 0 Å². The van der Waals surface area contributed by atoms with E-state index in [9.17, 15) is 40.5 Å². The van der Waals surface area contributed by atoms with Gasteiger partial charge in [-0.15, -0.1) is 0 Å². The van der Waals surface area contributed by atoms with Gasteiger partial charge in [0, 0.05) is 30.5 Å². The predicted octanol–water partition coefficient (Wildman–Crippen LogP) is 6.43. The molecule has 226 valence electrons. The number of hydrogen-bond donors (Lipinski definition) is 2. The number of nitrogens with zero attached hydrogens (tertiary/aromatic N) is 6. The minimum Gasteiger partial charge on any atom is -0.272 e. The zero-order valence-corrected chi connectivity index (χ0v) is 23.0. The molecule has 2 aromatic rings. The molecule has 1 unspecified atom stereocenters. The van der Waals surface area contributed by atoms with Gasteiger partial charge >= 0.3 is 11.4 Å². The SMILES string of the molecule is O=[N+]([O-])c1ccc(NN=CCCC(C=NNc2ccc([N+](=O)[O-])cc2[N+](=O)[O-])C23CC4CC(CC(C4)C2)C3)c([N+](=O)[O-])c1. The van der Waals surface area contributed by atoms with Crippen molar-refractivity contribution in [2.24, 2.45) is 39.3 Å². The summed E-state index contributed by atoms with van der Waals surface area (Å²) in [7, 11) is 0. The second kappa shape index (κ2) is 12.1. The lowest BCUT2D eigenvalue weighted by Gasteiger charge is -2.59. The van der Waals surface area contributed by atoms with E-state index >= 15 is 0 Å². The highest BCUT2D eigenvalue weighted by Gasteiger charge is 2.53. The second-order valence-electron chi connectivity index (χ2n) is 11.7. The summed E-state index contributed by atoms with van der Waals surface area (Å²) < 4.78 is 0. The average molecular weight is 595 g/mol. The minimum atomic E-state index is -0.716. The summed E-state index contributed by atoms with van der Waals surface area (Å²) in [6, 6.07) is 6.62. The van der Waals surface area contributed by atoms with Crippen LogP contribution in [0.3, 0.4) is 0 Å². The molecule has 2 N–H and O–H groups in total. The first kappa shape index (κ1) is 29.5. The molecule has 2 aromatic carbocycles. The Balaban J connectivity index is 1.31. The predicted molar refractivity (Wildman–Crippen MR) is 157 cm³/mol. The van der Waals surface area contributed by atoms with E-state index in [1.165, 1.54) is 37.5 Å². The molecule has 6 rings (SSSR count). The van der Waals surface area contributed by atoms with Gasteiger partial charge in [-0.25, -0.2) is 0 Å². The molecule has 43 heavy (non-hydrogen) atoms. The summed E-state index contributed by atoms with van der Waals surface area (Å²) in [5.74, 6) is 2.03. The summed E-state index contributed by atoms with van der Waals surface area (Å²) >= 11 is 0. The Bertz CT molecular complexity index is 1470. The Morgan fingerprint density at radius 3 is 1.65 bits per heavy atom. The number of anilines is 2. The molecule has 4 aliphatic rings. The highest BCUT2D eigenvalue weighted by molar-refractivity contribution is 5.70. The topological polar surface area (TPSA) is 221 Å². The van der Waals surface area contributed by atoms with E-state index in [4.69, 9.17) is 0 Å². The van der Waals surface area contributed by atoms with Crippen LogP contribution in [0.2, 0.25) is 0 Å². The summed E-state index contributed by atoms with van der Waals surface area (Å²) in [4.78, 5) is 42.2. The Hall–Kier alpha value is -5.02. The maximum Gasteiger partial charge on any atom is 0.301 e. The molecule has 0 heterocycles. The zero-order chi connectivity index (χ0) is 30.7. The molecule has 0 radical (unpaired) electrons. The van der Waals surface area contributed by atoms with Crippen LogP contribution in [0.5, 0.6) is 0 Å². The van der Waals surface area contributed by atoms with Crippen LogP contribution in [0.1, 0.15) is 51.4 Å². The third-order valence-corrected chi connectivity index (χ3v) is 8.97. The molecule has 0 saturated heterocycles. The van der Waals surface area contributed by atoms with Crippen LogP contribution < -0.4 is 10.9 Å². The first-order valence-corrected chi connectivity index (χ1v) is 14.0. The molecule has 1 atom stereocenters. The normalized spacial score (nSPS) is 24.7. The fourth-order valence-corrected chi connectivity index (χ4v) is 7.56. The Morgan fingerprint density at radius 1 is 0.744 bits per heavy atom. The summed E-state index contributed by atoms with van der Waals surface area (Å²) in [5.41, 5.74) is 3.76. The molecule has 4 fully saturated rings. The van der Waals surface area contributed by atoms with E-state index < -0.39 is 36.8 Å². The van der Waals surface area contributed by atoms with Gasteiger partial charge in [0.2, 0.25) is 0 Å². The number of benzene rings is 2. The largest absolute Gasteiger partial charge is 0.301 e. The Kier molecular flexibility index (Phi) is 8.27. The first-order chi connectivity index (χ1) is 20.5. The number of nitrogens with one attached hydrogen (secondary N) is 2. The molecular formula is C27H30N8O8. The lowest BCUT2D eigenvalue weighted by atomic mass is 9.46. The molecule has 0 spiro atoms. The number of nitro benzene ring substituents is 4. The number of nitro groups is 4. The maximum absolute atomic E-state index is 11.5. The molecule has 0 aliphatic heterocycles. The van der Waals surface area contributed by atoms with Crippen molar-refractivity contribution in [3.8, 4) is 0 Å². The van der Waals surface area contributed by atoms with Gasteiger partial charge in [-0.05, 0) is 86.7 Å². The number of non-ortho nitro benzene ring substituents is 2. The third-order valence-electron chi connectivity index (χ3n) is 8.97. The molecular weight excluding hydrogens is 564 g/mol. The van der Waals surface area contributed by atoms with Gasteiger partial charge < -0.3 is 0 Å². The van der Waals surface area contributed by atoms with Crippen LogP contribution in [0, 0.1) is 69.5 Å². The molecule has 0 amide bonds. The van der Waals surface area contributed by atoms with Gasteiger partial charge in [0.25, 0.3) is 11.4 Å². The number of rotatable bonds is 13. The zero-order valence-electron chi connectivity index (χ0n) is 23.0. The lowest BCUT2D eigenvalue weighted by molar-refractivity contribution is -0.393. The summed E-state index contributed by atoms with van der Waals surface area (Å²) in [6.45, 7) is 0. The standard InChI is InChI=1S/C27H30N8O8/c36-32(37)21-3-5-23(25(11-21)34(40)41)30-28-7-1-2-20(27-13-17-8-18(14-27)10-19(9-17)15-27)16-29-31-24-6-4-22(33(38)39)12-26(24)35(42)43/h3-7,11-12,16-20,30-31H,1-2,8-10,13-15H2. The average Bonchev–Trinajstić information content (AvgIpc) is 2.95. The van der Waals surface area contributed by atoms with E-state index in [2.05, 4.69) is 21.1 Å². The Morgan fingerprint density at radius 2 is 1.21 bits per heavy atom. The van der Waals surface area contributed by atoms with Gasteiger partial charge in [0.05, 0.1) is 31.8 Å². The van der Waals surface area contributed by atoms with Crippen LogP contribution in [0.15, 0.2) is 46.6 Å². The van der Waals surface area contributed by atoms with Crippen molar-refractivity contribution in [3.63, 3.8) is 0 Å². The maximum atomic E-state index is 11.5. The van der Waals surface area contributed by atoms with Gasteiger partial charge in [0.15, 0.2) is 0 Å². The summed E-state index contributed by atoms with van der Waals surface area (Å²) in [5, 5.41) is 53.5. The Labute approximate surface area is 244 Å². The van der Waals surface area contributed by atoms with Crippen molar-refractivity contribution in [2.75, 3.05) is 10.9 Å². The van der Waals surface area contributed by atoms with Crippen LogP contribution in [-0.2, 0) is 0 Å². The van der Waals surface area contributed by atoms with Gasteiger partial charge in [-0.1, -0.05) is 0 Å². The van der Waals surface area contributed by atoms with Crippen LogP contribution >= 0.6 is 0 Å². The molecule has 16 heteroatoms. The van der Waals surface area contributed by atoms with Gasteiger partial charge in [-0.2, -0.15) is 10.2 Å². The van der Waals surface area contributed by atoms with Gasteiger partial charge in [0.1, 0.15) is 11.4 Å². The van der Waals surface area contributed by atoms with Gasteiger partial charge in [-0.3, -0.25) is 51.3 Å². The van der Waals surface area contributed by atoms with E-state index in [1.54, 1.807) is 12.4 Å². The van der Waals surface area contributed by atoms with Crippen LogP contribution in [0.25, 0.3) is 0 Å². The van der Waals surface area contributed by atoms with E-state index in [1.807, 2.05) is 0 Å². The van der Waals surface area contributed by atoms with Crippen molar-refractivity contribution in [2.45, 2.75) is 51.4 Å². The molecule has 4 bridgehead atoms. The van der Waals surface area contributed by atoms with E-state index in [-0.39, 0.29) is 28.4 Å². The lowest BCUT2D eigenvalue weighted by Crippen LogP contribution is -2.50. The fourth-order valence-electron chi connectivity index (χ4n) is 7.56. The monoisotopic (exact) mass is 594 g/mol. The quantitative estimate of drug-likeness (QED) is 0.147. The smallest absolute Gasteiger partial charge is 0.272 e. The van der Waals surface area contributed by atoms with Crippen molar-refractivity contribution in [3.05, 3.63) is 76.9 Å².